The summed E-state index contributed by atoms with van der Waals surface area (Å²) in [5, 5.41) is 6.93. The first-order valence-corrected chi connectivity index (χ1v) is 10.1. The van der Waals surface area contributed by atoms with Gasteiger partial charge < -0.3 is 10.2 Å². The van der Waals surface area contributed by atoms with Gasteiger partial charge in [0, 0.05) is 31.6 Å². The van der Waals surface area contributed by atoms with Crippen molar-refractivity contribution in [2.75, 3.05) is 4.90 Å². The molecule has 0 aliphatic carbocycles. The molecule has 1 fully saturated rings. The second kappa shape index (κ2) is 7.03. The molecule has 2 atom stereocenters. The number of halogens is 2. The van der Waals surface area contributed by atoms with Gasteiger partial charge in [0.15, 0.2) is 5.11 Å². The lowest BCUT2D eigenvalue weighted by molar-refractivity contribution is 0.575. The molecule has 0 amide bonds. The molecule has 4 rings (SSSR count). The molecule has 0 bridgehead atoms. The van der Waals surface area contributed by atoms with Crippen molar-refractivity contribution in [2.24, 2.45) is 0 Å². The van der Waals surface area contributed by atoms with Gasteiger partial charge in [0.05, 0.1) is 17.8 Å². The van der Waals surface area contributed by atoms with Gasteiger partial charge in [-0.3, -0.25) is 4.98 Å². The Morgan fingerprint density at radius 3 is 2.64 bits per heavy atom. The highest BCUT2D eigenvalue weighted by Gasteiger charge is 2.41. The number of anilines is 1. The predicted octanol–water partition coefficient (Wildman–Crippen LogP) is 5.74. The molecule has 1 aliphatic rings. The van der Waals surface area contributed by atoms with Gasteiger partial charge in [-0.1, -0.05) is 17.7 Å². The van der Waals surface area contributed by atoms with Crippen molar-refractivity contribution in [3.8, 4) is 0 Å². The summed E-state index contributed by atoms with van der Waals surface area (Å²) in [7, 11) is 0. The predicted molar refractivity (Wildman–Crippen MR) is 111 cm³/mol. The Hall–Kier alpha value is -1.47. The number of aromatic nitrogens is 1. The lowest BCUT2D eigenvalue weighted by atomic mass is 10.0. The van der Waals surface area contributed by atoms with E-state index in [1.807, 2.05) is 48.7 Å². The van der Waals surface area contributed by atoms with Crippen LogP contribution in [0.5, 0.6) is 0 Å². The fraction of sp³-hybridized carbons (Fsp3) is 0.111. The average molecular weight is 451 g/mol. The molecule has 3 nitrogen and oxygen atoms in total. The molecule has 0 saturated carbocycles. The fourth-order valence-corrected chi connectivity index (χ4v) is 5.05. The van der Waals surface area contributed by atoms with E-state index in [1.54, 1.807) is 11.3 Å². The largest absolute Gasteiger partial charge is 0.351 e. The third-order valence-electron chi connectivity index (χ3n) is 4.08. The van der Waals surface area contributed by atoms with Crippen LogP contribution >= 0.6 is 51.1 Å². The zero-order chi connectivity index (χ0) is 17.4. The molecule has 1 aromatic carbocycles. The van der Waals surface area contributed by atoms with Crippen molar-refractivity contribution < 1.29 is 0 Å². The summed E-state index contributed by atoms with van der Waals surface area (Å²) in [6, 6.07) is 15.9. The minimum Gasteiger partial charge on any atom is -0.351 e. The molecular formula is C18H13BrClN3S2. The SMILES string of the molecule is S=C1N[C@@H](c2ccccn2)[C@H](c2cc(Br)cs2)N1c1ccc(Cl)cc1. The maximum atomic E-state index is 6.05. The van der Waals surface area contributed by atoms with Crippen LogP contribution in [-0.4, -0.2) is 10.1 Å². The molecule has 0 unspecified atom stereocenters. The van der Waals surface area contributed by atoms with Gasteiger partial charge in [0.2, 0.25) is 0 Å². The van der Waals surface area contributed by atoms with Crippen LogP contribution in [0.3, 0.4) is 0 Å². The number of thiocarbonyl (C=S) groups is 1. The van der Waals surface area contributed by atoms with Crippen molar-refractivity contribution in [3.63, 3.8) is 0 Å². The Bertz CT molecular complexity index is 898. The molecule has 0 radical (unpaired) electrons. The van der Waals surface area contributed by atoms with Crippen LogP contribution in [0.2, 0.25) is 5.02 Å². The van der Waals surface area contributed by atoms with E-state index in [9.17, 15) is 0 Å². The minimum absolute atomic E-state index is 0.0186. The van der Waals surface area contributed by atoms with E-state index < -0.39 is 0 Å². The summed E-state index contributed by atoms with van der Waals surface area (Å²) in [5.41, 5.74) is 1.98. The zero-order valence-corrected chi connectivity index (χ0v) is 16.9. The Balaban J connectivity index is 1.81. The Morgan fingerprint density at radius 1 is 1.20 bits per heavy atom. The summed E-state index contributed by atoms with van der Waals surface area (Å²) >= 11 is 17.0. The van der Waals surface area contributed by atoms with E-state index in [-0.39, 0.29) is 12.1 Å². The van der Waals surface area contributed by atoms with Gasteiger partial charge in [0.25, 0.3) is 0 Å². The smallest absolute Gasteiger partial charge is 0.174 e. The Morgan fingerprint density at radius 2 is 2.00 bits per heavy atom. The highest BCUT2D eigenvalue weighted by Crippen LogP contribution is 2.44. The molecule has 0 spiro atoms. The molecule has 3 heterocycles. The number of nitrogens with one attached hydrogen (secondary N) is 1. The third kappa shape index (κ3) is 3.31. The van der Waals surface area contributed by atoms with E-state index in [0.717, 1.165) is 15.9 Å². The first kappa shape index (κ1) is 17.0. The molecule has 1 saturated heterocycles. The van der Waals surface area contributed by atoms with Crippen molar-refractivity contribution in [2.45, 2.75) is 12.1 Å². The van der Waals surface area contributed by atoms with Crippen LogP contribution in [0.25, 0.3) is 0 Å². The van der Waals surface area contributed by atoms with Crippen LogP contribution < -0.4 is 10.2 Å². The summed E-state index contributed by atoms with van der Waals surface area (Å²) in [5.74, 6) is 0. The average Bonchev–Trinajstić information content (AvgIpc) is 3.20. The number of pyridine rings is 1. The molecule has 1 aliphatic heterocycles. The molecule has 3 aromatic rings. The maximum absolute atomic E-state index is 6.05. The van der Waals surface area contributed by atoms with Crippen molar-refractivity contribution in [3.05, 3.63) is 80.2 Å². The molecule has 25 heavy (non-hydrogen) atoms. The van der Waals surface area contributed by atoms with E-state index in [2.05, 4.69) is 42.6 Å². The standard InChI is InChI=1S/C18H13BrClN3S2/c19-11-9-15(25-10-11)17-16(14-3-1-2-8-21-14)22-18(24)23(17)13-6-4-12(20)5-7-13/h1-10,16-17H,(H,22,24)/t16-,17-/m0/s1. The lowest BCUT2D eigenvalue weighted by Gasteiger charge is -2.26. The fourth-order valence-electron chi connectivity index (χ4n) is 3.01. The molecule has 1 N–H and O–H groups in total. The monoisotopic (exact) mass is 449 g/mol. The first-order valence-electron chi connectivity index (χ1n) is 7.63. The summed E-state index contributed by atoms with van der Waals surface area (Å²) < 4.78 is 1.07. The second-order valence-electron chi connectivity index (χ2n) is 5.64. The van der Waals surface area contributed by atoms with E-state index in [0.29, 0.717) is 10.1 Å². The number of rotatable bonds is 3. The van der Waals surface area contributed by atoms with Crippen LogP contribution in [0.1, 0.15) is 22.7 Å². The van der Waals surface area contributed by atoms with E-state index >= 15 is 0 Å². The zero-order valence-electron chi connectivity index (χ0n) is 12.9. The van der Waals surface area contributed by atoms with Gasteiger partial charge >= 0.3 is 0 Å². The summed E-state index contributed by atoms with van der Waals surface area (Å²) in [6.07, 6.45) is 1.81. The highest BCUT2D eigenvalue weighted by molar-refractivity contribution is 9.10. The Labute approximate surface area is 168 Å². The van der Waals surface area contributed by atoms with Crippen LogP contribution in [0, 0.1) is 0 Å². The number of hydrogen-bond acceptors (Lipinski definition) is 3. The van der Waals surface area contributed by atoms with Gasteiger partial charge in [0.1, 0.15) is 0 Å². The van der Waals surface area contributed by atoms with Crippen LogP contribution in [0.15, 0.2) is 64.6 Å². The van der Waals surface area contributed by atoms with Crippen molar-refractivity contribution in [1.29, 1.82) is 0 Å². The van der Waals surface area contributed by atoms with Gasteiger partial charge in [-0.2, -0.15) is 0 Å². The topological polar surface area (TPSA) is 28.2 Å². The number of nitrogens with zero attached hydrogens (tertiary/aromatic N) is 2. The third-order valence-corrected chi connectivity index (χ3v) is 6.41. The molecular weight excluding hydrogens is 438 g/mol. The summed E-state index contributed by atoms with van der Waals surface area (Å²) in [6.45, 7) is 0. The number of benzene rings is 1. The second-order valence-corrected chi connectivity index (χ2v) is 8.32. The molecule has 7 heteroatoms. The lowest BCUT2D eigenvalue weighted by Crippen LogP contribution is -2.28. The van der Waals surface area contributed by atoms with Gasteiger partial charge in [-0.15, -0.1) is 11.3 Å². The number of thiophene rings is 1. The normalized spacial score (nSPS) is 19.9. The van der Waals surface area contributed by atoms with Crippen LogP contribution in [0.4, 0.5) is 5.69 Å². The minimum atomic E-state index is -0.0186. The maximum Gasteiger partial charge on any atom is 0.174 e. The molecule has 2 aromatic heterocycles. The first-order chi connectivity index (χ1) is 12.1. The summed E-state index contributed by atoms with van der Waals surface area (Å²) in [4.78, 5) is 7.90. The quantitative estimate of drug-likeness (QED) is 0.515. The van der Waals surface area contributed by atoms with Crippen LogP contribution in [-0.2, 0) is 0 Å². The van der Waals surface area contributed by atoms with Crippen molar-refractivity contribution >= 4 is 61.9 Å². The Kier molecular flexibility index (Phi) is 4.78. The highest BCUT2D eigenvalue weighted by atomic mass is 79.9. The number of hydrogen-bond donors (Lipinski definition) is 1. The van der Waals surface area contributed by atoms with Gasteiger partial charge in [-0.05, 0) is 70.6 Å². The van der Waals surface area contributed by atoms with Gasteiger partial charge in [-0.25, -0.2) is 0 Å². The van der Waals surface area contributed by atoms with Crippen molar-refractivity contribution in [1.82, 2.24) is 10.3 Å². The van der Waals surface area contributed by atoms with E-state index in [1.165, 1.54) is 4.88 Å². The molecule has 126 valence electrons. The van der Waals surface area contributed by atoms with E-state index in [4.69, 9.17) is 23.8 Å².